The first kappa shape index (κ1) is 19.4. The highest BCUT2D eigenvalue weighted by atomic mass is 32.2. The summed E-state index contributed by atoms with van der Waals surface area (Å²) in [6.45, 7) is 4.52. The number of hydrogen-bond acceptors (Lipinski definition) is 5. The molecule has 25 heavy (non-hydrogen) atoms. The number of likely N-dealkylation sites (tertiary alicyclic amines) is 1. The van der Waals surface area contributed by atoms with E-state index in [0.29, 0.717) is 25.9 Å². The number of benzene rings is 1. The molecule has 2 rings (SSSR count). The van der Waals surface area contributed by atoms with Gasteiger partial charge in [-0.15, -0.1) is 0 Å². The molecular formula is C18H25NO5S. The molecule has 1 heterocycles. The number of ether oxygens (including phenoxy) is 1. The van der Waals surface area contributed by atoms with Crippen LogP contribution in [-0.4, -0.2) is 56.4 Å². The molecule has 1 amide bonds. The molecule has 0 radical (unpaired) electrons. The zero-order chi connectivity index (χ0) is 18.6. The van der Waals surface area contributed by atoms with Gasteiger partial charge in [0, 0.05) is 13.1 Å². The quantitative estimate of drug-likeness (QED) is 0.745. The Morgan fingerprint density at radius 1 is 1.16 bits per heavy atom. The minimum atomic E-state index is -3.13. The van der Waals surface area contributed by atoms with Gasteiger partial charge in [0.05, 0.1) is 29.2 Å². The number of nitrogens with zero attached hydrogens (tertiary/aromatic N) is 1. The van der Waals surface area contributed by atoms with Crippen molar-refractivity contribution in [2.24, 2.45) is 5.92 Å². The summed E-state index contributed by atoms with van der Waals surface area (Å²) in [7, 11) is -1.86. The number of methoxy groups -OCH3 is 1. The maximum atomic E-state index is 12.7. The summed E-state index contributed by atoms with van der Waals surface area (Å²) in [5.74, 6) is -0.549. The number of carbonyl (C=O) groups is 2. The first-order valence-electron chi connectivity index (χ1n) is 8.44. The van der Waals surface area contributed by atoms with Crippen LogP contribution in [0.25, 0.3) is 0 Å². The van der Waals surface area contributed by atoms with E-state index in [1.165, 1.54) is 7.11 Å². The van der Waals surface area contributed by atoms with Crippen LogP contribution < -0.4 is 0 Å². The molecule has 0 atom stereocenters. The molecule has 0 aliphatic carbocycles. The fourth-order valence-electron chi connectivity index (χ4n) is 3.15. The van der Waals surface area contributed by atoms with E-state index in [9.17, 15) is 18.0 Å². The number of rotatable bonds is 5. The van der Waals surface area contributed by atoms with Gasteiger partial charge in [-0.1, -0.05) is 26.0 Å². The largest absolute Gasteiger partial charge is 0.465 e. The van der Waals surface area contributed by atoms with Gasteiger partial charge in [-0.3, -0.25) is 4.79 Å². The molecular weight excluding hydrogens is 342 g/mol. The fraction of sp³-hybridized carbons (Fsp3) is 0.556. The highest BCUT2D eigenvalue weighted by Gasteiger charge is 2.33. The molecule has 1 aromatic rings. The molecule has 0 aromatic heterocycles. The zero-order valence-corrected chi connectivity index (χ0v) is 15.7. The number of amides is 1. The summed E-state index contributed by atoms with van der Waals surface area (Å²) >= 11 is 0. The molecule has 0 unspecified atom stereocenters. The van der Waals surface area contributed by atoms with Crippen LogP contribution in [0.15, 0.2) is 24.3 Å². The predicted octanol–water partition coefficient (Wildman–Crippen LogP) is 2.15. The Bertz CT molecular complexity index is 734. The van der Waals surface area contributed by atoms with Crippen molar-refractivity contribution in [3.63, 3.8) is 0 Å². The van der Waals surface area contributed by atoms with Crippen molar-refractivity contribution in [1.29, 1.82) is 0 Å². The second-order valence-electron chi connectivity index (χ2n) is 6.75. The Kier molecular flexibility index (Phi) is 6.21. The fourth-order valence-corrected chi connectivity index (χ4v) is 5.28. The molecule has 0 saturated carbocycles. The van der Waals surface area contributed by atoms with E-state index in [1.54, 1.807) is 29.2 Å². The smallest absolute Gasteiger partial charge is 0.338 e. The maximum Gasteiger partial charge on any atom is 0.338 e. The normalized spacial score (nSPS) is 16.1. The van der Waals surface area contributed by atoms with E-state index in [0.717, 1.165) is 0 Å². The molecule has 0 bridgehead atoms. The molecule has 6 nitrogen and oxygen atoms in total. The summed E-state index contributed by atoms with van der Waals surface area (Å²) in [5, 5.41) is -0.394. The average Bonchev–Trinajstić information content (AvgIpc) is 2.59. The van der Waals surface area contributed by atoms with Crippen molar-refractivity contribution in [1.82, 2.24) is 4.90 Å². The first-order chi connectivity index (χ1) is 11.8. The van der Waals surface area contributed by atoms with Crippen LogP contribution in [0.3, 0.4) is 0 Å². The van der Waals surface area contributed by atoms with Crippen LogP contribution >= 0.6 is 0 Å². The molecule has 7 heteroatoms. The van der Waals surface area contributed by atoms with Gasteiger partial charge in [0.25, 0.3) is 5.91 Å². The number of sulfone groups is 1. The minimum Gasteiger partial charge on any atom is -0.465 e. The van der Waals surface area contributed by atoms with Crippen LogP contribution in [0.4, 0.5) is 0 Å². The van der Waals surface area contributed by atoms with E-state index in [2.05, 4.69) is 0 Å². The van der Waals surface area contributed by atoms with E-state index in [1.807, 2.05) is 13.8 Å². The number of hydrogen-bond donors (Lipinski definition) is 0. The van der Waals surface area contributed by atoms with Crippen molar-refractivity contribution in [3.8, 4) is 0 Å². The summed E-state index contributed by atoms with van der Waals surface area (Å²) in [5.41, 5.74) is 0.516. The van der Waals surface area contributed by atoms with E-state index in [4.69, 9.17) is 4.74 Å². The topological polar surface area (TPSA) is 80.8 Å². The SMILES string of the molecule is COC(=O)c1ccccc1C(=O)N1CCC(S(=O)(=O)CC(C)C)CC1. The third kappa shape index (κ3) is 4.60. The second-order valence-corrected chi connectivity index (χ2v) is 9.08. The Morgan fingerprint density at radius 2 is 1.72 bits per heavy atom. The lowest BCUT2D eigenvalue weighted by atomic mass is 10.0. The molecule has 1 aromatic carbocycles. The monoisotopic (exact) mass is 367 g/mol. The van der Waals surface area contributed by atoms with Gasteiger partial charge in [-0.2, -0.15) is 0 Å². The van der Waals surface area contributed by atoms with Crippen molar-refractivity contribution in [3.05, 3.63) is 35.4 Å². The van der Waals surface area contributed by atoms with Crippen molar-refractivity contribution < 1.29 is 22.7 Å². The zero-order valence-electron chi connectivity index (χ0n) is 14.9. The van der Waals surface area contributed by atoms with Gasteiger partial charge in [0.15, 0.2) is 9.84 Å². The number of esters is 1. The number of carbonyl (C=O) groups excluding carboxylic acids is 2. The maximum absolute atomic E-state index is 12.7. The van der Waals surface area contributed by atoms with Gasteiger partial charge in [0.2, 0.25) is 0 Å². The Morgan fingerprint density at radius 3 is 2.24 bits per heavy atom. The first-order valence-corrected chi connectivity index (χ1v) is 10.2. The molecule has 1 fully saturated rings. The van der Waals surface area contributed by atoms with Crippen molar-refractivity contribution in [2.45, 2.75) is 31.9 Å². The summed E-state index contributed by atoms with van der Waals surface area (Å²) in [6.07, 6.45) is 0.863. The number of piperidine rings is 1. The molecule has 1 aliphatic heterocycles. The van der Waals surface area contributed by atoms with Crippen LogP contribution in [0.5, 0.6) is 0 Å². The van der Waals surface area contributed by atoms with Crippen LogP contribution in [0.1, 0.15) is 47.4 Å². The van der Waals surface area contributed by atoms with Gasteiger partial charge < -0.3 is 9.64 Å². The van der Waals surface area contributed by atoms with E-state index >= 15 is 0 Å². The van der Waals surface area contributed by atoms with Gasteiger partial charge in [0.1, 0.15) is 0 Å². The van der Waals surface area contributed by atoms with Gasteiger partial charge in [-0.05, 0) is 30.9 Å². The highest BCUT2D eigenvalue weighted by Crippen LogP contribution is 2.22. The second kappa shape index (κ2) is 7.99. The molecule has 0 N–H and O–H groups in total. The Balaban J connectivity index is 2.09. The third-order valence-electron chi connectivity index (χ3n) is 4.37. The van der Waals surface area contributed by atoms with Crippen LogP contribution in [0.2, 0.25) is 0 Å². The lowest BCUT2D eigenvalue weighted by molar-refractivity contribution is 0.0588. The molecule has 138 valence electrons. The van der Waals surface area contributed by atoms with Crippen molar-refractivity contribution >= 4 is 21.7 Å². The molecule has 0 spiro atoms. The molecule has 1 aliphatic rings. The standard InChI is InChI=1S/C18H25NO5S/c1-13(2)12-25(22,23)14-8-10-19(11-9-14)17(20)15-6-4-5-7-16(15)18(21)24-3/h4-7,13-14H,8-12H2,1-3H3. The van der Waals surface area contributed by atoms with Crippen LogP contribution in [0, 0.1) is 5.92 Å². The Labute approximate surface area is 149 Å². The predicted molar refractivity (Wildman–Crippen MR) is 95.3 cm³/mol. The van der Waals surface area contributed by atoms with Crippen molar-refractivity contribution in [2.75, 3.05) is 26.0 Å². The summed E-state index contributed by atoms with van der Waals surface area (Å²) in [4.78, 5) is 26.2. The highest BCUT2D eigenvalue weighted by molar-refractivity contribution is 7.92. The lowest BCUT2D eigenvalue weighted by Crippen LogP contribution is -2.43. The van der Waals surface area contributed by atoms with E-state index < -0.39 is 21.1 Å². The minimum absolute atomic E-state index is 0.0941. The molecule has 1 saturated heterocycles. The summed E-state index contributed by atoms with van der Waals surface area (Å²) < 4.78 is 29.4. The average molecular weight is 367 g/mol. The van der Waals surface area contributed by atoms with Gasteiger partial charge in [-0.25, -0.2) is 13.2 Å². The summed E-state index contributed by atoms with van der Waals surface area (Å²) in [6, 6.07) is 6.52. The third-order valence-corrected chi connectivity index (χ3v) is 6.98. The van der Waals surface area contributed by atoms with E-state index in [-0.39, 0.29) is 28.7 Å². The Hall–Kier alpha value is -1.89. The van der Waals surface area contributed by atoms with Gasteiger partial charge >= 0.3 is 5.97 Å². The van der Waals surface area contributed by atoms with Crippen LogP contribution in [-0.2, 0) is 14.6 Å². The lowest BCUT2D eigenvalue weighted by Gasteiger charge is -2.32.